The van der Waals surface area contributed by atoms with Crippen molar-refractivity contribution in [2.24, 2.45) is 0 Å². The number of fused-ring (bicyclic) bond motifs is 1. The zero-order chi connectivity index (χ0) is 22.1. The molecule has 0 spiro atoms. The predicted molar refractivity (Wildman–Crippen MR) is 95.0 cm³/mol. The number of alkyl halides is 3. The van der Waals surface area contributed by atoms with Gasteiger partial charge in [0.2, 0.25) is 5.79 Å². The van der Waals surface area contributed by atoms with Crippen molar-refractivity contribution >= 4 is 16.9 Å². The first-order valence-electron chi connectivity index (χ1n) is 8.46. The van der Waals surface area contributed by atoms with Crippen LogP contribution in [-0.2, 0) is 6.18 Å². The summed E-state index contributed by atoms with van der Waals surface area (Å²) in [6.45, 7) is 0.596. The number of ether oxygens (including phenoxy) is 2. The SMILES string of the molecule is CC(O)(COc1cccc2oc(C(=O)[O-])cc(=O)c12)Oc1cccc(C(F)(F)F)c1.[Na+]. The number of aromatic carboxylic acids is 1. The van der Waals surface area contributed by atoms with E-state index in [1.165, 1.54) is 24.3 Å². The Labute approximate surface area is 195 Å². The summed E-state index contributed by atoms with van der Waals surface area (Å²) < 4.78 is 54.1. The molecule has 1 N–H and O–H groups in total. The minimum absolute atomic E-state index is 0. The van der Waals surface area contributed by atoms with Crippen LogP contribution in [0.5, 0.6) is 11.5 Å². The molecule has 0 aliphatic heterocycles. The fourth-order valence-electron chi connectivity index (χ4n) is 2.63. The molecule has 11 heteroatoms. The number of hydrogen-bond acceptors (Lipinski definition) is 7. The molecule has 1 heterocycles. The van der Waals surface area contributed by atoms with Crippen molar-refractivity contribution in [3.63, 3.8) is 0 Å². The van der Waals surface area contributed by atoms with E-state index in [2.05, 4.69) is 0 Å². The number of carboxylic acids is 1. The van der Waals surface area contributed by atoms with Crippen molar-refractivity contribution in [3.8, 4) is 11.5 Å². The average Bonchev–Trinajstić information content (AvgIpc) is 2.65. The van der Waals surface area contributed by atoms with Crippen molar-refractivity contribution in [2.45, 2.75) is 18.9 Å². The zero-order valence-corrected chi connectivity index (χ0v) is 18.4. The fraction of sp³-hybridized carbons (Fsp3) is 0.200. The van der Waals surface area contributed by atoms with Crippen molar-refractivity contribution < 1.29 is 71.6 Å². The average molecular weight is 446 g/mol. The van der Waals surface area contributed by atoms with Gasteiger partial charge in [-0.15, -0.1) is 0 Å². The normalized spacial score (nSPS) is 13.2. The van der Waals surface area contributed by atoms with Gasteiger partial charge in [-0.1, -0.05) is 12.1 Å². The number of rotatable bonds is 6. The molecule has 1 unspecified atom stereocenters. The van der Waals surface area contributed by atoms with Crippen molar-refractivity contribution in [3.05, 3.63) is 70.1 Å². The number of carbonyl (C=O) groups is 1. The number of carboxylic acid groups (broad SMARTS) is 1. The maximum absolute atomic E-state index is 12.8. The Kier molecular flexibility index (Phi) is 7.43. The molecule has 0 saturated carbocycles. The summed E-state index contributed by atoms with van der Waals surface area (Å²) in [5, 5.41) is 21.2. The van der Waals surface area contributed by atoms with Crippen LogP contribution in [0.25, 0.3) is 11.0 Å². The van der Waals surface area contributed by atoms with Gasteiger partial charge in [0, 0.05) is 13.0 Å². The van der Waals surface area contributed by atoms with Crippen molar-refractivity contribution in [1.82, 2.24) is 0 Å². The number of halogens is 3. The van der Waals surface area contributed by atoms with E-state index < -0.39 is 41.3 Å². The summed E-state index contributed by atoms with van der Waals surface area (Å²) in [5.74, 6) is -4.67. The molecule has 31 heavy (non-hydrogen) atoms. The zero-order valence-electron chi connectivity index (χ0n) is 16.4. The molecule has 0 fully saturated rings. The number of benzene rings is 2. The van der Waals surface area contributed by atoms with E-state index in [0.717, 1.165) is 31.2 Å². The molecule has 2 aromatic carbocycles. The van der Waals surface area contributed by atoms with Gasteiger partial charge in [-0.2, -0.15) is 13.2 Å². The molecule has 0 bridgehead atoms. The Morgan fingerprint density at radius 1 is 1.16 bits per heavy atom. The molecule has 0 saturated heterocycles. The molecule has 0 aliphatic rings. The van der Waals surface area contributed by atoms with Crippen LogP contribution in [0.4, 0.5) is 13.2 Å². The fourth-order valence-corrected chi connectivity index (χ4v) is 2.63. The van der Waals surface area contributed by atoms with Crippen LogP contribution in [0.2, 0.25) is 0 Å². The van der Waals surface area contributed by atoms with E-state index in [9.17, 15) is 33.0 Å². The topological polar surface area (TPSA) is 109 Å². The summed E-state index contributed by atoms with van der Waals surface area (Å²) >= 11 is 0. The second-order valence-electron chi connectivity index (χ2n) is 6.48. The third kappa shape index (κ3) is 6.01. The van der Waals surface area contributed by atoms with Crippen LogP contribution >= 0.6 is 0 Å². The molecule has 1 aromatic heterocycles. The van der Waals surface area contributed by atoms with Crippen LogP contribution in [0.15, 0.2) is 57.7 Å². The van der Waals surface area contributed by atoms with Crippen LogP contribution in [-0.4, -0.2) is 23.5 Å². The second-order valence-corrected chi connectivity index (χ2v) is 6.48. The maximum atomic E-state index is 12.8. The first-order chi connectivity index (χ1) is 14.0. The molecule has 0 radical (unpaired) electrons. The Morgan fingerprint density at radius 2 is 1.84 bits per heavy atom. The van der Waals surface area contributed by atoms with Gasteiger partial charge in [-0.3, -0.25) is 4.79 Å². The third-order valence-electron chi connectivity index (χ3n) is 3.91. The minimum Gasteiger partial charge on any atom is -0.542 e. The van der Waals surface area contributed by atoms with Gasteiger partial charge in [0.05, 0.1) is 5.56 Å². The third-order valence-corrected chi connectivity index (χ3v) is 3.91. The summed E-state index contributed by atoms with van der Waals surface area (Å²) in [4.78, 5) is 23.1. The number of aliphatic hydroxyl groups is 1. The quantitative estimate of drug-likeness (QED) is 0.396. The molecule has 158 valence electrons. The molecule has 3 aromatic rings. The van der Waals surface area contributed by atoms with E-state index >= 15 is 0 Å². The van der Waals surface area contributed by atoms with Crippen LogP contribution < -0.4 is 49.6 Å². The molecule has 0 amide bonds. The molecule has 1 atom stereocenters. The molecule has 0 aliphatic carbocycles. The number of hydrogen-bond donors (Lipinski definition) is 1. The van der Waals surface area contributed by atoms with E-state index in [1.807, 2.05) is 0 Å². The summed E-state index contributed by atoms with van der Waals surface area (Å²) in [6, 6.07) is 8.80. The molecular weight excluding hydrogens is 432 g/mol. The van der Waals surface area contributed by atoms with E-state index in [0.29, 0.717) is 0 Å². The van der Waals surface area contributed by atoms with Crippen LogP contribution in [0, 0.1) is 0 Å². The molecule has 3 rings (SSSR count). The van der Waals surface area contributed by atoms with Crippen LogP contribution in [0.3, 0.4) is 0 Å². The van der Waals surface area contributed by atoms with Gasteiger partial charge >= 0.3 is 35.7 Å². The van der Waals surface area contributed by atoms with Gasteiger partial charge in [0.1, 0.15) is 28.4 Å². The van der Waals surface area contributed by atoms with Gasteiger partial charge < -0.3 is 28.9 Å². The Morgan fingerprint density at radius 3 is 2.48 bits per heavy atom. The summed E-state index contributed by atoms with van der Waals surface area (Å²) in [6.07, 6.45) is -4.58. The predicted octanol–water partition coefficient (Wildman–Crippen LogP) is -0.654. The van der Waals surface area contributed by atoms with Crippen molar-refractivity contribution in [2.75, 3.05) is 6.61 Å². The van der Waals surface area contributed by atoms with Crippen LogP contribution in [0.1, 0.15) is 23.0 Å². The van der Waals surface area contributed by atoms with Gasteiger partial charge in [-0.25, -0.2) is 0 Å². The van der Waals surface area contributed by atoms with Gasteiger partial charge in [0.25, 0.3) is 0 Å². The Bertz CT molecular complexity index is 1160. The van der Waals surface area contributed by atoms with E-state index in [-0.39, 0.29) is 52.0 Å². The van der Waals surface area contributed by atoms with Gasteiger partial charge in [0.15, 0.2) is 17.8 Å². The first-order valence-corrected chi connectivity index (χ1v) is 8.46. The van der Waals surface area contributed by atoms with Crippen molar-refractivity contribution in [1.29, 1.82) is 0 Å². The molecular formula is C20H14F3NaO7. The summed E-state index contributed by atoms with van der Waals surface area (Å²) in [5.41, 5.74) is -1.76. The van der Waals surface area contributed by atoms with E-state index in [4.69, 9.17) is 13.9 Å². The van der Waals surface area contributed by atoms with Gasteiger partial charge in [-0.05, 0) is 30.3 Å². The van der Waals surface area contributed by atoms with E-state index in [1.54, 1.807) is 0 Å². The molecule has 7 nitrogen and oxygen atoms in total. The largest absolute Gasteiger partial charge is 1.00 e. The minimum atomic E-state index is -4.58. The smallest absolute Gasteiger partial charge is 0.542 e. The number of carbonyl (C=O) groups excluding carboxylic acids is 1. The summed E-state index contributed by atoms with van der Waals surface area (Å²) in [7, 11) is 0. The first kappa shape index (κ1) is 24.7. The second kappa shape index (κ2) is 9.31. The Balaban J connectivity index is 0.00000341. The monoisotopic (exact) mass is 446 g/mol. The Hall–Kier alpha value is -2.53. The maximum Gasteiger partial charge on any atom is 1.00 e. The standard InChI is InChI=1S/C20H15F3O7.Na/c1-19(27,30-12-5-2-4-11(8-12)20(21,22)23)10-28-14-6-3-7-15-17(14)13(24)9-16(29-15)18(25)26;/h2-9,27H,10H2,1H3,(H,25,26);/q;+1/p-1.